The van der Waals surface area contributed by atoms with Gasteiger partial charge in [-0.3, -0.25) is 0 Å². The van der Waals surface area contributed by atoms with Crippen LogP contribution in [-0.4, -0.2) is 12.1 Å². The largest absolute Gasteiger partial charge is 0.312 e. The van der Waals surface area contributed by atoms with E-state index in [1.54, 1.807) is 0 Å². The highest BCUT2D eigenvalue weighted by atomic mass is 35.5. The molecular formula is C13H28ClN. The zero-order valence-corrected chi connectivity index (χ0v) is 11.2. The lowest BCUT2D eigenvalue weighted by molar-refractivity contribution is 0.315. The summed E-state index contributed by atoms with van der Waals surface area (Å²) in [5, 5.41) is 3.71. The molecule has 0 bridgehead atoms. The van der Waals surface area contributed by atoms with E-state index in [1.807, 2.05) is 0 Å². The Morgan fingerprint density at radius 2 is 1.80 bits per heavy atom. The summed E-state index contributed by atoms with van der Waals surface area (Å²) in [5.41, 5.74) is 0. The summed E-state index contributed by atoms with van der Waals surface area (Å²) in [6.45, 7) is 4.60. The lowest BCUT2D eigenvalue weighted by Crippen LogP contribution is -2.40. The summed E-state index contributed by atoms with van der Waals surface area (Å²) < 4.78 is 0. The van der Waals surface area contributed by atoms with Gasteiger partial charge in [-0.25, -0.2) is 0 Å². The van der Waals surface area contributed by atoms with Gasteiger partial charge in [-0.2, -0.15) is 0 Å². The molecule has 0 aliphatic carbocycles. The number of halogens is 1. The van der Waals surface area contributed by atoms with Crippen molar-refractivity contribution < 1.29 is 0 Å². The first-order valence-corrected chi connectivity index (χ1v) is 6.59. The Bertz CT molecular complexity index is 138. The summed E-state index contributed by atoms with van der Waals surface area (Å²) in [6.07, 6.45) is 12.8. The van der Waals surface area contributed by atoms with Crippen LogP contribution in [0.15, 0.2) is 0 Å². The van der Waals surface area contributed by atoms with Crippen LogP contribution in [0.5, 0.6) is 0 Å². The number of unbranched alkanes of at least 4 members (excludes halogenated alkanes) is 4. The molecule has 1 N–H and O–H groups in total. The van der Waals surface area contributed by atoms with E-state index in [9.17, 15) is 0 Å². The predicted molar refractivity (Wildman–Crippen MR) is 70.9 cm³/mol. The van der Waals surface area contributed by atoms with E-state index in [2.05, 4.69) is 19.2 Å². The second kappa shape index (κ2) is 9.47. The fourth-order valence-electron chi connectivity index (χ4n) is 2.46. The van der Waals surface area contributed by atoms with Crippen molar-refractivity contribution in [2.75, 3.05) is 0 Å². The smallest absolute Gasteiger partial charge is 0.00695 e. The van der Waals surface area contributed by atoms with E-state index in [1.165, 1.54) is 57.8 Å². The highest BCUT2D eigenvalue weighted by Crippen LogP contribution is 2.17. The number of rotatable bonds is 6. The van der Waals surface area contributed by atoms with E-state index >= 15 is 0 Å². The molecule has 0 aromatic carbocycles. The normalized spacial score (nSPS) is 26.0. The maximum absolute atomic E-state index is 3.71. The maximum atomic E-state index is 3.71. The number of piperidine rings is 1. The Morgan fingerprint density at radius 3 is 2.47 bits per heavy atom. The number of nitrogens with one attached hydrogen (secondary N) is 1. The van der Waals surface area contributed by atoms with Gasteiger partial charge in [-0.05, 0) is 26.2 Å². The molecule has 0 radical (unpaired) electrons. The minimum Gasteiger partial charge on any atom is -0.312 e. The van der Waals surface area contributed by atoms with E-state index in [-0.39, 0.29) is 12.4 Å². The average Bonchev–Trinajstić information content (AvgIpc) is 2.18. The zero-order valence-electron chi connectivity index (χ0n) is 10.4. The molecule has 1 saturated heterocycles. The standard InChI is InChI=1S/C13H27N.ClH/c1-3-4-5-6-7-10-13-11-8-9-12(2)14-13;/h12-14H,3-11H2,1-2H3;1H. The molecule has 2 heteroatoms. The monoisotopic (exact) mass is 233 g/mol. The van der Waals surface area contributed by atoms with E-state index in [0.29, 0.717) is 0 Å². The molecule has 15 heavy (non-hydrogen) atoms. The fourth-order valence-corrected chi connectivity index (χ4v) is 2.46. The average molecular weight is 234 g/mol. The molecule has 0 spiro atoms. The maximum Gasteiger partial charge on any atom is 0.00695 e. The molecule has 92 valence electrons. The third-order valence-corrected chi connectivity index (χ3v) is 3.37. The third kappa shape index (κ3) is 7.19. The lowest BCUT2D eigenvalue weighted by Gasteiger charge is -2.28. The molecule has 1 fully saturated rings. The van der Waals surface area contributed by atoms with E-state index in [0.717, 1.165) is 12.1 Å². The SMILES string of the molecule is CCCCCCCC1CCCC(C)N1.Cl. The number of hydrogen-bond acceptors (Lipinski definition) is 1. The second-order valence-electron chi connectivity index (χ2n) is 4.90. The quantitative estimate of drug-likeness (QED) is 0.675. The molecule has 0 saturated carbocycles. The Balaban J connectivity index is 0.00000196. The van der Waals surface area contributed by atoms with Crippen molar-refractivity contribution >= 4 is 12.4 Å². The Kier molecular flexibility index (Phi) is 9.63. The van der Waals surface area contributed by atoms with Gasteiger partial charge in [0.25, 0.3) is 0 Å². The van der Waals surface area contributed by atoms with Gasteiger partial charge in [0.2, 0.25) is 0 Å². The second-order valence-corrected chi connectivity index (χ2v) is 4.90. The van der Waals surface area contributed by atoms with Crippen LogP contribution in [0.2, 0.25) is 0 Å². The van der Waals surface area contributed by atoms with Crippen molar-refractivity contribution in [3.8, 4) is 0 Å². The minimum atomic E-state index is 0. The third-order valence-electron chi connectivity index (χ3n) is 3.37. The molecule has 1 aliphatic rings. The van der Waals surface area contributed by atoms with Gasteiger partial charge in [0.15, 0.2) is 0 Å². The summed E-state index contributed by atoms with van der Waals surface area (Å²) in [4.78, 5) is 0. The van der Waals surface area contributed by atoms with Gasteiger partial charge < -0.3 is 5.32 Å². The van der Waals surface area contributed by atoms with Gasteiger partial charge in [0, 0.05) is 12.1 Å². The highest BCUT2D eigenvalue weighted by Gasteiger charge is 2.16. The molecular weight excluding hydrogens is 206 g/mol. The van der Waals surface area contributed by atoms with Crippen LogP contribution in [0.3, 0.4) is 0 Å². The molecule has 1 nitrogen and oxygen atoms in total. The van der Waals surface area contributed by atoms with Crippen molar-refractivity contribution in [2.45, 2.75) is 83.7 Å². The summed E-state index contributed by atoms with van der Waals surface area (Å²) in [7, 11) is 0. The Labute approximate surface area is 102 Å². The topological polar surface area (TPSA) is 12.0 Å². The van der Waals surface area contributed by atoms with Crippen molar-refractivity contribution in [3.63, 3.8) is 0 Å². The summed E-state index contributed by atoms with van der Waals surface area (Å²) in [5.74, 6) is 0. The summed E-state index contributed by atoms with van der Waals surface area (Å²) in [6, 6.07) is 1.60. The number of hydrogen-bond donors (Lipinski definition) is 1. The van der Waals surface area contributed by atoms with Crippen LogP contribution in [0.25, 0.3) is 0 Å². The Hall–Kier alpha value is 0.250. The van der Waals surface area contributed by atoms with Crippen LogP contribution < -0.4 is 5.32 Å². The molecule has 2 atom stereocenters. The van der Waals surface area contributed by atoms with Crippen LogP contribution in [0.1, 0.15) is 71.6 Å². The fraction of sp³-hybridized carbons (Fsp3) is 1.00. The lowest BCUT2D eigenvalue weighted by atomic mass is 9.95. The zero-order chi connectivity index (χ0) is 10.2. The van der Waals surface area contributed by atoms with Crippen LogP contribution in [0.4, 0.5) is 0 Å². The Morgan fingerprint density at radius 1 is 1.07 bits per heavy atom. The highest BCUT2D eigenvalue weighted by molar-refractivity contribution is 5.85. The first-order valence-electron chi connectivity index (χ1n) is 6.59. The van der Waals surface area contributed by atoms with Crippen LogP contribution in [0, 0.1) is 0 Å². The summed E-state index contributed by atoms with van der Waals surface area (Å²) >= 11 is 0. The van der Waals surface area contributed by atoms with Gasteiger partial charge in [-0.15, -0.1) is 12.4 Å². The molecule has 0 aromatic heterocycles. The van der Waals surface area contributed by atoms with Crippen molar-refractivity contribution in [1.82, 2.24) is 5.32 Å². The van der Waals surface area contributed by atoms with Crippen LogP contribution >= 0.6 is 12.4 Å². The predicted octanol–water partition coefficient (Wildman–Crippen LogP) is 4.30. The van der Waals surface area contributed by atoms with Gasteiger partial charge in [0.1, 0.15) is 0 Å². The molecule has 1 rings (SSSR count). The molecule has 1 aliphatic heterocycles. The minimum absolute atomic E-state index is 0. The molecule has 1 heterocycles. The van der Waals surface area contributed by atoms with Gasteiger partial charge in [0.05, 0.1) is 0 Å². The molecule has 2 unspecified atom stereocenters. The van der Waals surface area contributed by atoms with Gasteiger partial charge in [-0.1, -0.05) is 45.4 Å². The first-order chi connectivity index (χ1) is 6.83. The van der Waals surface area contributed by atoms with Crippen molar-refractivity contribution in [1.29, 1.82) is 0 Å². The van der Waals surface area contributed by atoms with Crippen molar-refractivity contribution in [2.24, 2.45) is 0 Å². The first kappa shape index (κ1) is 15.2. The van der Waals surface area contributed by atoms with Crippen LogP contribution in [-0.2, 0) is 0 Å². The van der Waals surface area contributed by atoms with E-state index in [4.69, 9.17) is 0 Å². The molecule has 0 amide bonds. The molecule has 0 aromatic rings. The van der Waals surface area contributed by atoms with E-state index < -0.39 is 0 Å². The van der Waals surface area contributed by atoms with Crippen molar-refractivity contribution in [3.05, 3.63) is 0 Å². The van der Waals surface area contributed by atoms with Gasteiger partial charge >= 0.3 is 0 Å².